The third kappa shape index (κ3) is 2.79. The number of halogens is 3. The molecule has 0 atom stereocenters. The molecule has 0 aromatic carbocycles. The average molecular weight is 411 g/mol. The van der Waals surface area contributed by atoms with Gasteiger partial charge in [-0.15, -0.1) is 11.3 Å². The Bertz CT molecular complexity index is 590. The summed E-state index contributed by atoms with van der Waals surface area (Å²) in [5.74, 6) is 0.662. The molecule has 0 fully saturated rings. The Labute approximate surface area is 132 Å². The molecule has 18 heavy (non-hydrogen) atoms. The van der Waals surface area contributed by atoms with E-state index < -0.39 is 0 Å². The third-order valence-corrected chi connectivity index (χ3v) is 5.43. The number of nitrogens with zero attached hydrogens (tertiary/aromatic N) is 2. The normalized spacial score (nSPS) is 11.9. The highest BCUT2D eigenvalue weighted by Gasteiger charge is 2.23. The first-order valence-electron chi connectivity index (χ1n) is 5.27. The van der Waals surface area contributed by atoms with Gasteiger partial charge in [-0.3, -0.25) is 0 Å². The second-order valence-electron chi connectivity index (χ2n) is 4.85. The summed E-state index contributed by atoms with van der Waals surface area (Å²) in [6.07, 6.45) is 0. The lowest BCUT2D eigenvalue weighted by atomic mass is 9.92. The first-order valence-corrected chi connectivity index (χ1v) is 8.12. The first kappa shape index (κ1) is 14.4. The van der Waals surface area contributed by atoms with Gasteiger partial charge in [-0.25, -0.2) is 9.97 Å². The molecule has 2 aromatic rings. The molecule has 0 aliphatic carbocycles. The summed E-state index contributed by atoms with van der Waals surface area (Å²) < 4.78 is 1.76. The van der Waals surface area contributed by atoms with Crippen molar-refractivity contribution in [2.24, 2.45) is 0 Å². The van der Waals surface area contributed by atoms with Crippen LogP contribution in [0.25, 0.3) is 10.7 Å². The molecule has 0 aliphatic rings. The zero-order valence-electron chi connectivity index (χ0n) is 10.1. The maximum Gasteiger partial charge on any atom is 0.172 e. The van der Waals surface area contributed by atoms with Crippen LogP contribution in [0.1, 0.15) is 26.5 Å². The molecule has 0 saturated heterocycles. The highest BCUT2D eigenvalue weighted by atomic mass is 79.9. The van der Waals surface area contributed by atoms with Gasteiger partial charge in [-0.2, -0.15) is 0 Å². The molecular formula is C12H11Br2ClN2S. The topological polar surface area (TPSA) is 25.8 Å². The molecule has 0 spiro atoms. The average Bonchev–Trinajstić information content (AvgIpc) is 2.66. The van der Waals surface area contributed by atoms with Crippen LogP contribution in [0.5, 0.6) is 0 Å². The van der Waals surface area contributed by atoms with Gasteiger partial charge < -0.3 is 0 Å². The Kier molecular flexibility index (Phi) is 4.17. The van der Waals surface area contributed by atoms with E-state index in [1.54, 1.807) is 11.3 Å². The third-order valence-electron chi connectivity index (χ3n) is 2.34. The molecule has 6 heteroatoms. The van der Waals surface area contributed by atoms with Crippen LogP contribution in [0.2, 0.25) is 5.15 Å². The lowest BCUT2D eigenvalue weighted by molar-refractivity contribution is 0.564. The van der Waals surface area contributed by atoms with Crippen molar-refractivity contribution in [3.63, 3.8) is 0 Å². The Hall–Kier alpha value is 0.0300. The Morgan fingerprint density at radius 3 is 2.39 bits per heavy atom. The molecule has 2 nitrogen and oxygen atoms in total. The maximum absolute atomic E-state index is 6.19. The van der Waals surface area contributed by atoms with E-state index in [1.165, 1.54) is 0 Å². The van der Waals surface area contributed by atoms with Crippen molar-refractivity contribution in [3.05, 3.63) is 31.2 Å². The lowest BCUT2D eigenvalue weighted by Crippen LogP contribution is -2.16. The molecule has 96 valence electrons. The minimum Gasteiger partial charge on any atom is -0.230 e. The molecular weight excluding hydrogens is 399 g/mol. The number of hydrogen-bond donors (Lipinski definition) is 0. The fourth-order valence-electron chi connectivity index (χ4n) is 1.47. The Morgan fingerprint density at radius 2 is 1.89 bits per heavy atom. The van der Waals surface area contributed by atoms with Crippen molar-refractivity contribution in [2.75, 3.05) is 0 Å². The second-order valence-corrected chi connectivity index (χ2v) is 7.77. The van der Waals surface area contributed by atoms with Crippen LogP contribution >= 0.6 is 54.8 Å². The number of rotatable bonds is 1. The van der Waals surface area contributed by atoms with Crippen molar-refractivity contribution in [2.45, 2.75) is 26.2 Å². The van der Waals surface area contributed by atoms with E-state index in [0.29, 0.717) is 11.0 Å². The van der Waals surface area contributed by atoms with Crippen molar-refractivity contribution in [1.29, 1.82) is 0 Å². The highest BCUT2D eigenvalue weighted by Crippen LogP contribution is 2.37. The summed E-state index contributed by atoms with van der Waals surface area (Å²) >= 11 is 14.7. The van der Waals surface area contributed by atoms with E-state index in [-0.39, 0.29) is 5.41 Å². The number of thiophene rings is 1. The lowest BCUT2D eigenvalue weighted by Gasteiger charge is -2.20. The summed E-state index contributed by atoms with van der Waals surface area (Å²) in [7, 11) is 0. The quantitative estimate of drug-likeness (QED) is 0.565. The summed E-state index contributed by atoms with van der Waals surface area (Å²) in [6.45, 7) is 6.30. The molecule has 0 bridgehead atoms. The molecule has 0 N–H and O–H groups in total. The van der Waals surface area contributed by atoms with Gasteiger partial charge in [-0.1, -0.05) is 32.4 Å². The van der Waals surface area contributed by atoms with Crippen LogP contribution < -0.4 is 0 Å². The largest absolute Gasteiger partial charge is 0.230 e. The highest BCUT2D eigenvalue weighted by molar-refractivity contribution is 9.11. The summed E-state index contributed by atoms with van der Waals surface area (Å²) in [5.41, 5.74) is 0.821. The fraction of sp³-hybridized carbons (Fsp3) is 0.333. The van der Waals surface area contributed by atoms with Gasteiger partial charge in [0.2, 0.25) is 0 Å². The van der Waals surface area contributed by atoms with Crippen LogP contribution in [-0.4, -0.2) is 9.97 Å². The van der Waals surface area contributed by atoms with Gasteiger partial charge in [-0.05, 0) is 43.3 Å². The summed E-state index contributed by atoms with van der Waals surface area (Å²) in [5, 5.41) is 2.44. The van der Waals surface area contributed by atoms with Crippen LogP contribution in [0.4, 0.5) is 0 Å². The summed E-state index contributed by atoms with van der Waals surface area (Å²) in [4.78, 5) is 9.98. The van der Waals surface area contributed by atoms with Crippen LogP contribution in [-0.2, 0) is 5.41 Å². The monoisotopic (exact) mass is 408 g/mol. The minimum atomic E-state index is -0.0934. The van der Waals surface area contributed by atoms with E-state index in [0.717, 1.165) is 19.5 Å². The predicted octanol–water partition coefficient (Wildman–Crippen LogP) is 5.68. The standard InChI is InChI=1S/C12H11Br2ClN2S/c1-12(2,3)9-7(14)10(15)17-11(16-9)8-6(13)4-5-18-8/h4-5H,1-3H3. The molecule has 0 aliphatic heterocycles. The van der Waals surface area contributed by atoms with Gasteiger partial charge in [0.1, 0.15) is 5.15 Å². The molecule has 0 unspecified atom stereocenters. The van der Waals surface area contributed by atoms with E-state index in [9.17, 15) is 0 Å². The molecule has 2 aromatic heterocycles. The van der Waals surface area contributed by atoms with E-state index in [4.69, 9.17) is 11.6 Å². The summed E-state index contributed by atoms with van der Waals surface area (Å²) in [6, 6.07) is 1.98. The number of aromatic nitrogens is 2. The van der Waals surface area contributed by atoms with Gasteiger partial charge in [0.15, 0.2) is 5.82 Å². The zero-order chi connectivity index (χ0) is 13.5. The predicted molar refractivity (Wildman–Crippen MR) is 84.5 cm³/mol. The van der Waals surface area contributed by atoms with Gasteiger partial charge in [0.05, 0.1) is 15.0 Å². The minimum absolute atomic E-state index is 0.0934. The van der Waals surface area contributed by atoms with E-state index in [2.05, 4.69) is 62.6 Å². The Balaban J connectivity index is 2.66. The van der Waals surface area contributed by atoms with Crippen molar-refractivity contribution in [1.82, 2.24) is 9.97 Å². The second kappa shape index (κ2) is 5.19. The SMILES string of the molecule is CC(C)(C)c1nc(-c2sccc2Br)nc(Cl)c1Br. The van der Waals surface area contributed by atoms with Gasteiger partial charge in [0, 0.05) is 9.89 Å². The van der Waals surface area contributed by atoms with Crippen molar-refractivity contribution >= 4 is 54.8 Å². The van der Waals surface area contributed by atoms with E-state index in [1.807, 2.05) is 11.4 Å². The Morgan fingerprint density at radius 1 is 1.22 bits per heavy atom. The van der Waals surface area contributed by atoms with Gasteiger partial charge >= 0.3 is 0 Å². The molecule has 0 amide bonds. The van der Waals surface area contributed by atoms with E-state index >= 15 is 0 Å². The smallest absolute Gasteiger partial charge is 0.172 e. The van der Waals surface area contributed by atoms with Crippen LogP contribution in [0.3, 0.4) is 0 Å². The van der Waals surface area contributed by atoms with Gasteiger partial charge in [0.25, 0.3) is 0 Å². The fourth-order valence-corrected chi connectivity index (χ4v) is 3.90. The molecule has 0 radical (unpaired) electrons. The van der Waals surface area contributed by atoms with Crippen LogP contribution in [0.15, 0.2) is 20.4 Å². The van der Waals surface area contributed by atoms with Crippen LogP contribution in [0, 0.1) is 0 Å². The zero-order valence-corrected chi connectivity index (χ0v) is 14.8. The first-order chi connectivity index (χ1) is 8.30. The maximum atomic E-state index is 6.19. The van der Waals surface area contributed by atoms with Crippen molar-refractivity contribution in [3.8, 4) is 10.7 Å². The molecule has 2 rings (SSSR count). The molecule has 2 heterocycles. The van der Waals surface area contributed by atoms with Crippen molar-refractivity contribution < 1.29 is 0 Å². The molecule has 0 saturated carbocycles. The number of hydrogen-bond acceptors (Lipinski definition) is 3.